The first kappa shape index (κ1) is 21.4. The van der Waals surface area contributed by atoms with Gasteiger partial charge in [-0.2, -0.15) is 4.98 Å². The number of aliphatic hydroxyl groups is 1. The minimum atomic E-state index is -2.51. The summed E-state index contributed by atoms with van der Waals surface area (Å²) < 4.78 is 22.5. The summed E-state index contributed by atoms with van der Waals surface area (Å²) >= 11 is 3.40. The van der Waals surface area contributed by atoms with Crippen LogP contribution in [0.5, 0.6) is 5.75 Å². The largest absolute Gasteiger partial charge is 0.495 e. The summed E-state index contributed by atoms with van der Waals surface area (Å²) in [6.07, 6.45) is 2.65. The van der Waals surface area contributed by atoms with Crippen LogP contribution in [-0.2, 0) is 9.73 Å². The van der Waals surface area contributed by atoms with Crippen molar-refractivity contribution in [3.05, 3.63) is 28.9 Å². The first-order valence-corrected chi connectivity index (χ1v) is 10.9. The molecule has 0 fully saturated rings. The summed E-state index contributed by atoms with van der Waals surface area (Å²) in [7, 11) is 0.524. The van der Waals surface area contributed by atoms with Crippen LogP contribution < -0.4 is 15.4 Å². The number of aliphatic hydroxyl groups excluding tert-OH is 1. The molecule has 0 aliphatic heterocycles. The van der Waals surface area contributed by atoms with Crippen molar-refractivity contribution in [1.29, 1.82) is 0 Å². The van der Waals surface area contributed by atoms with Crippen LogP contribution in [0.1, 0.15) is 13.8 Å². The second kappa shape index (κ2) is 8.85. The van der Waals surface area contributed by atoms with Gasteiger partial charge in [-0.3, -0.25) is 0 Å². The van der Waals surface area contributed by atoms with Crippen LogP contribution in [0.3, 0.4) is 0 Å². The first-order chi connectivity index (χ1) is 12.7. The number of nitrogens with one attached hydrogen (secondary N) is 2. The highest BCUT2D eigenvalue weighted by Gasteiger charge is 2.15. The molecule has 0 spiro atoms. The third-order valence-corrected chi connectivity index (χ3v) is 6.44. The van der Waals surface area contributed by atoms with Gasteiger partial charge in [-0.05, 0) is 41.9 Å². The molecule has 0 amide bonds. The Bertz CT molecular complexity index is 929. The smallest absolute Gasteiger partial charge is 0.229 e. The van der Waals surface area contributed by atoms with Gasteiger partial charge in [0.25, 0.3) is 0 Å². The maximum atomic E-state index is 12.5. The van der Waals surface area contributed by atoms with Crippen LogP contribution in [-0.4, -0.2) is 51.8 Å². The quantitative estimate of drug-likeness (QED) is 0.585. The normalized spacial score (nSPS) is 15.4. The van der Waals surface area contributed by atoms with E-state index in [-0.39, 0.29) is 6.04 Å². The number of halogens is 1. The molecule has 8 nitrogen and oxygen atoms in total. The van der Waals surface area contributed by atoms with Crippen molar-refractivity contribution >= 4 is 43.1 Å². The van der Waals surface area contributed by atoms with Crippen LogP contribution in [0.2, 0.25) is 0 Å². The summed E-state index contributed by atoms with van der Waals surface area (Å²) in [5, 5.41) is 15.9. The van der Waals surface area contributed by atoms with Gasteiger partial charge < -0.3 is 20.5 Å². The van der Waals surface area contributed by atoms with Crippen molar-refractivity contribution in [2.75, 3.05) is 31.0 Å². The maximum Gasteiger partial charge on any atom is 0.229 e. The molecule has 1 heterocycles. The Kier molecular flexibility index (Phi) is 7.01. The zero-order valence-corrected chi connectivity index (χ0v) is 18.3. The minimum Gasteiger partial charge on any atom is -0.495 e. The predicted molar refractivity (Wildman–Crippen MR) is 111 cm³/mol. The molecule has 0 aliphatic rings. The average Bonchev–Trinajstić information content (AvgIpc) is 2.64. The molecule has 1 unspecified atom stereocenters. The van der Waals surface area contributed by atoms with E-state index in [1.54, 1.807) is 37.6 Å². The Morgan fingerprint density at radius 1 is 1.37 bits per heavy atom. The van der Waals surface area contributed by atoms with E-state index in [9.17, 15) is 9.32 Å². The zero-order valence-electron chi connectivity index (χ0n) is 15.9. The van der Waals surface area contributed by atoms with E-state index in [0.29, 0.717) is 32.6 Å². The van der Waals surface area contributed by atoms with Crippen molar-refractivity contribution in [2.24, 2.45) is 4.36 Å². The number of aromatic nitrogens is 2. The van der Waals surface area contributed by atoms with E-state index in [4.69, 9.17) is 4.74 Å². The number of rotatable bonds is 7. The number of hydrogen-bond acceptors (Lipinski definition) is 8. The lowest BCUT2D eigenvalue weighted by Crippen LogP contribution is -2.28. The molecule has 27 heavy (non-hydrogen) atoms. The van der Waals surface area contributed by atoms with Gasteiger partial charge in [0, 0.05) is 31.3 Å². The Hall–Kier alpha value is -1.91. The molecule has 0 aliphatic carbocycles. The van der Waals surface area contributed by atoms with Gasteiger partial charge in [-0.15, -0.1) is 0 Å². The van der Waals surface area contributed by atoms with Gasteiger partial charge in [0.15, 0.2) is 0 Å². The highest BCUT2D eigenvalue weighted by molar-refractivity contribution is 9.10. The lowest BCUT2D eigenvalue weighted by molar-refractivity contribution is 0.177. The topological polar surface area (TPSA) is 109 Å². The summed E-state index contributed by atoms with van der Waals surface area (Å²) in [5.41, 5.74) is 0.679. The van der Waals surface area contributed by atoms with Crippen molar-refractivity contribution in [3.63, 3.8) is 0 Å². The molecule has 0 radical (unpaired) electrons. The van der Waals surface area contributed by atoms with Gasteiger partial charge in [-0.25, -0.2) is 13.6 Å². The fourth-order valence-electron chi connectivity index (χ4n) is 2.15. The highest BCUT2D eigenvalue weighted by atomic mass is 79.9. The van der Waals surface area contributed by atoms with Gasteiger partial charge in [-0.1, -0.05) is 0 Å². The molecule has 10 heteroatoms. The number of ether oxygens (including phenoxy) is 1. The number of hydrogen-bond donors (Lipinski definition) is 3. The fraction of sp³-hybridized carbons (Fsp3) is 0.412. The average molecular weight is 458 g/mol. The summed E-state index contributed by atoms with van der Waals surface area (Å²) in [6, 6.07) is 5.02. The molecular weight excluding hydrogens is 434 g/mol. The molecule has 1 aromatic carbocycles. The van der Waals surface area contributed by atoms with E-state index in [0.717, 1.165) is 0 Å². The Balaban J connectivity index is 2.31. The van der Waals surface area contributed by atoms with Crippen LogP contribution in [0.25, 0.3) is 0 Å². The molecule has 3 atom stereocenters. The van der Waals surface area contributed by atoms with Crippen molar-refractivity contribution in [2.45, 2.75) is 30.9 Å². The summed E-state index contributed by atoms with van der Waals surface area (Å²) in [4.78, 5) is 9.20. The highest BCUT2D eigenvalue weighted by Crippen LogP contribution is 2.30. The van der Waals surface area contributed by atoms with Gasteiger partial charge in [0.1, 0.15) is 11.6 Å². The van der Waals surface area contributed by atoms with Crippen LogP contribution in [0.15, 0.2) is 38.1 Å². The molecule has 2 aromatic rings. The van der Waals surface area contributed by atoms with Crippen molar-refractivity contribution < 1.29 is 14.1 Å². The second-order valence-electron chi connectivity index (χ2n) is 6.04. The fourth-order valence-corrected chi connectivity index (χ4v) is 3.49. The van der Waals surface area contributed by atoms with Gasteiger partial charge >= 0.3 is 0 Å². The molecular formula is C17H24BrN5O3S. The lowest BCUT2D eigenvalue weighted by Gasteiger charge is -2.18. The molecule has 2 rings (SSSR count). The number of nitrogens with zero attached hydrogens (tertiary/aromatic N) is 3. The zero-order chi connectivity index (χ0) is 20.2. The first-order valence-electron chi connectivity index (χ1n) is 8.20. The van der Waals surface area contributed by atoms with Crippen molar-refractivity contribution in [3.8, 4) is 5.75 Å². The molecule has 148 valence electrons. The number of benzene rings is 1. The van der Waals surface area contributed by atoms with Gasteiger partial charge in [0.2, 0.25) is 5.95 Å². The third kappa shape index (κ3) is 5.30. The Labute approximate surface area is 168 Å². The van der Waals surface area contributed by atoms with E-state index >= 15 is 0 Å². The summed E-state index contributed by atoms with van der Waals surface area (Å²) in [6.45, 7) is 3.56. The Morgan fingerprint density at radius 2 is 2.07 bits per heavy atom. The van der Waals surface area contributed by atoms with Crippen LogP contribution >= 0.6 is 15.9 Å². The third-order valence-electron chi connectivity index (χ3n) is 4.01. The monoisotopic (exact) mass is 457 g/mol. The lowest BCUT2D eigenvalue weighted by atomic mass is 10.2. The molecule has 3 N–H and O–H groups in total. The van der Waals surface area contributed by atoms with E-state index in [2.05, 4.69) is 40.9 Å². The van der Waals surface area contributed by atoms with Gasteiger partial charge in [0.05, 0.1) is 38.4 Å². The summed E-state index contributed by atoms with van der Waals surface area (Å²) in [5.74, 6) is 1.40. The van der Waals surface area contributed by atoms with Crippen LogP contribution in [0.4, 0.5) is 17.5 Å². The van der Waals surface area contributed by atoms with Crippen LogP contribution in [0, 0.1) is 0 Å². The molecule has 0 saturated heterocycles. The van der Waals surface area contributed by atoms with E-state index < -0.39 is 15.8 Å². The Morgan fingerprint density at radius 3 is 2.67 bits per heavy atom. The number of anilines is 3. The number of methoxy groups -OCH3 is 1. The minimum absolute atomic E-state index is 0.182. The predicted octanol–water partition coefficient (Wildman–Crippen LogP) is 3.26. The molecule has 1 aromatic heterocycles. The standard InChI is InChI=1S/C17H24BrN5O3S/c1-10(11(2)24)21-16-13(18)9-20-17(23-16)22-12-6-7-15(14(8-12)26-4)27(5,25)19-3/h6-11,24H,1-5H3,(H2,20,21,22,23)/t10-,11-,27?/m1/s1. The maximum absolute atomic E-state index is 12.5. The van der Waals surface area contributed by atoms with Crippen molar-refractivity contribution in [1.82, 2.24) is 9.97 Å². The SMILES string of the molecule is CN=S(C)(=O)c1ccc(Nc2ncc(Br)c(N[C@H](C)[C@@H](C)O)n2)cc1OC. The molecule has 0 saturated carbocycles. The van der Waals surface area contributed by atoms with E-state index in [1.807, 2.05) is 6.92 Å². The second-order valence-corrected chi connectivity index (χ2v) is 9.30. The van der Waals surface area contributed by atoms with E-state index in [1.165, 1.54) is 14.2 Å². The molecule has 0 bridgehead atoms.